The van der Waals surface area contributed by atoms with Gasteiger partial charge in [-0.05, 0) is 12.8 Å². The highest BCUT2D eigenvalue weighted by Crippen LogP contribution is 2.47. The Labute approximate surface area is 138 Å². The van der Waals surface area contributed by atoms with Crippen LogP contribution in [0, 0.1) is 0 Å². The second-order valence-corrected chi connectivity index (χ2v) is 7.36. The van der Waals surface area contributed by atoms with Gasteiger partial charge in [-0.15, -0.1) is 5.10 Å². The molecule has 1 amide bonds. The number of carbonyl (C=O) groups excluding carboxylic acids is 1. The topological polar surface area (TPSA) is 142 Å². The van der Waals surface area contributed by atoms with E-state index in [2.05, 4.69) is 10.1 Å². The Bertz CT molecular complexity index is 633. The van der Waals surface area contributed by atoms with Gasteiger partial charge in [0.05, 0.1) is 25.9 Å². The Morgan fingerprint density at radius 1 is 1.46 bits per heavy atom. The lowest BCUT2D eigenvalue weighted by molar-refractivity contribution is -0.0289. The summed E-state index contributed by atoms with van der Waals surface area (Å²) in [5.74, 6) is -0.788. The van der Waals surface area contributed by atoms with Crippen molar-refractivity contribution in [2.75, 3.05) is 32.9 Å². The molecule has 11 nitrogen and oxygen atoms in total. The van der Waals surface area contributed by atoms with E-state index in [0.29, 0.717) is 39.1 Å². The smallest absolute Gasteiger partial charge is 0.379 e. The first kappa shape index (κ1) is 17.5. The fraction of sp³-hybridized carbons (Fsp3) is 0.750. The number of amides is 1. The third kappa shape index (κ3) is 4.00. The molecule has 2 aliphatic rings. The second-order valence-electron chi connectivity index (χ2n) is 5.55. The summed E-state index contributed by atoms with van der Waals surface area (Å²) in [6.07, 6.45) is 1.90. The molecule has 0 spiro atoms. The largest absolute Gasteiger partial charge is 0.405 e. The fourth-order valence-electron chi connectivity index (χ4n) is 2.60. The number of hydrogen-bond donors (Lipinski definition) is 2. The van der Waals surface area contributed by atoms with E-state index in [4.69, 9.17) is 19.7 Å². The standard InChI is InChI=1S/C12H20N5O6P/c13-11(18)12-14-8-17(15-12)10-2-1-9(23-10)7-22-24(19,20)16-3-5-21-6-4-16/h8-10H,1-7H2,(H2,13,18)(H,19,20)/t9-,10+/m0/s1. The van der Waals surface area contributed by atoms with Crippen LogP contribution >= 0.6 is 7.75 Å². The molecule has 12 heteroatoms. The van der Waals surface area contributed by atoms with E-state index in [-0.39, 0.29) is 18.5 Å². The predicted octanol–water partition coefficient (Wildman–Crippen LogP) is -0.496. The third-order valence-electron chi connectivity index (χ3n) is 3.88. The first-order chi connectivity index (χ1) is 11.5. The van der Waals surface area contributed by atoms with Crippen molar-refractivity contribution >= 4 is 13.7 Å². The molecule has 0 saturated carbocycles. The minimum absolute atomic E-state index is 0.000983. The highest BCUT2D eigenvalue weighted by Gasteiger charge is 2.34. The molecule has 1 aromatic heterocycles. The monoisotopic (exact) mass is 361 g/mol. The lowest BCUT2D eigenvalue weighted by atomic mass is 10.2. The molecular formula is C12H20N5O6P. The van der Waals surface area contributed by atoms with Crippen LogP contribution in [0.5, 0.6) is 0 Å². The van der Waals surface area contributed by atoms with Gasteiger partial charge in [-0.3, -0.25) is 9.32 Å². The number of primary amides is 1. The number of ether oxygens (including phenoxy) is 2. The minimum atomic E-state index is -3.84. The van der Waals surface area contributed by atoms with Gasteiger partial charge in [-0.1, -0.05) is 0 Å². The van der Waals surface area contributed by atoms with Crippen molar-refractivity contribution in [1.29, 1.82) is 0 Å². The number of morpholine rings is 1. The number of hydrogen-bond acceptors (Lipinski definition) is 7. The Hall–Kier alpha value is -1.36. The molecule has 0 radical (unpaired) electrons. The summed E-state index contributed by atoms with van der Waals surface area (Å²) in [6.45, 7) is 1.53. The van der Waals surface area contributed by atoms with Gasteiger partial charge in [0.15, 0.2) is 6.23 Å². The molecule has 3 N–H and O–H groups in total. The molecule has 0 aliphatic carbocycles. The van der Waals surface area contributed by atoms with Crippen molar-refractivity contribution in [2.24, 2.45) is 5.73 Å². The predicted molar refractivity (Wildman–Crippen MR) is 79.9 cm³/mol. The highest BCUT2D eigenvalue weighted by molar-refractivity contribution is 7.50. The Morgan fingerprint density at radius 2 is 2.21 bits per heavy atom. The molecule has 3 atom stereocenters. The van der Waals surface area contributed by atoms with Crippen molar-refractivity contribution in [3.05, 3.63) is 12.2 Å². The second kappa shape index (κ2) is 7.26. The lowest BCUT2D eigenvalue weighted by Gasteiger charge is -2.30. The van der Waals surface area contributed by atoms with Crippen LogP contribution in [-0.2, 0) is 18.6 Å². The van der Waals surface area contributed by atoms with Crippen molar-refractivity contribution in [3.8, 4) is 0 Å². The van der Waals surface area contributed by atoms with Crippen LogP contribution in [0.2, 0.25) is 0 Å². The minimum Gasteiger partial charge on any atom is -0.379 e. The van der Waals surface area contributed by atoms with Crippen LogP contribution in [0.1, 0.15) is 29.7 Å². The third-order valence-corrected chi connectivity index (χ3v) is 5.48. The summed E-state index contributed by atoms with van der Waals surface area (Å²) in [7, 11) is -3.84. The highest BCUT2D eigenvalue weighted by atomic mass is 31.2. The number of nitrogens with two attached hydrogens (primary N) is 1. The summed E-state index contributed by atoms with van der Waals surface area (Å²) in [6, 6.07) is 0. The van der Waals surface area contributed by atoms with Crippen LogP contribution in [0.25, 0.3) is 0 Å². The van der Waals surface area contributed by atoms with Crippen LogP contribution in [0.3, 0.4) is 0 Å². The lowest BCUT2D eigenvalue weighted by Crippen LogP contribution is -2.34. The zero-order valence-corrected chi connectivity index (χ0v) is 13.9. The van der Waals surface area contributed by atoms with Gasteiger partial charge in [-0.25, -0.2) is 18.9 Å². The summed E-state index contributed by atoms with van der Waals surface area (Å²) in [5, 5.41) is 3.95. The van der Waals surface area contributed by atoms with Gasteiger partial charge in [-0.2, -0.15) is 0 Å². The van der Waals surface area contributed by atoms with Crippen LogP contribution in [-0.4, -0.2) is 69.2 Å². The van der Waals surface area contributed by atoms with Crippen LogP contribution < -0.4 is 5.73 Å². The van der Waals surface area contributed by atoms with Crippen molar-refractivity contribution in [2.45, 2.75) is 25.2 Å². The molecule has 2 fully saturated rings. The van der Waals surface area contributed by atoms with E-state index in [1.54, 1.807) is 0 Å². The van der Waals surface area contributed by atoms with Gasteiger partial charge in [0.1, 0.15) is 6.33 Å². The van der Waals surface area contributed by atoms with E-state index >= 15 is 0 Å². The number of carbonyl (C=O) groups is 1. The van der Waals surface area contributed by atoms with Crippen LogP contribution in [0.15, 0.2) is 6.33 Å². The Morgan fingerprint density at radius 3 is 2.88 bits per heavy atom. The number of nitrogens with zero attached hydrogens (tertiary/aromatic N) is 4. The van der Waals surface area contributed by atoms with E-state index < -0.39 is 19.9 Å². The molecule has 1 aromatic rings. The van der Waals surface area contributed by atoms with Gasteiger partial charge in [0, 0.05) is 13.1 Å². The van der Waals surface area contributed by atoms with Crippen LogP contribution in [0.4, 0.5) is 0 Å². The summed E-state index contributed by atoms with van der Waals surface area (Å²) >= 11 is 0. The molecule has 1 unspecified atom stereocenters. The molecular weight excluding hydrogens is 341 g/mol. The molecule has 0 bridgehead atoms. The van der Waals surface area contributed by atoms with Crippen molar-refractivity contribution < 1.29 is 28.3 Å². The van der Waals surface area contributed by atoms with Gasteiger partial charge >= 0.3 is 7.75 Å². The average Bonchev–Trinajstić information content (AvgIpc) is 3.23. The first-order valence-electron chi connectivity index (χ1n) is 7.62. The van der Waals surface area contributed by atoms with Gasteiger partial charge < -0.3 is 20.1 Å². The van der Waals surface area contributed by atoms with Crippen molar-refractivity contribution in [1.82, 2.24) is 19.4 Å². The molecule has 134 valence electrons. The van der Waals surface area contributed by atoms with Crippen molar-refractivity contribution in [3.63, 3.8) is 0 Å². The van der Waals surface area contributed by atoms with E-state index in [9.17, 15) is 14.3 Å². The summed E-state index contributed by atoms with van der Waals surface area (Å²) in [4.78, 5) is 24.8. The quantitative estimate of drug-likeness (QED) is 0.641. The first-order valence-corrected chi connectivity index (χ1v) is 9.15. The molecule has 2 aliphatic heterocycles. The Kier molecular flexibility index (Phi) is 5.28. The van der Waals surface area contributed by atoms with E-state index in [0.717, 1.165) is 0 Å². The molecule has 0 aromatic carbocycles. The zero-order chi connectivity index (χ0) is 17.2. The number of rotatable bonds is 6. The average molecular weight is 361 g/mol. The molecule has 24 heavy (non-hydrogen) atoms. The Balaban J connectivity index is 1.50. The van der Waals surface area contributed by atoms with E-state index in [1.165, 1.54) is 15.7 Å². The fourth-order valence-corrected chi connectivity index (χ4v) is 3.79. The zero-order valence-electron chi connectivity index (χ0n) is 13.0. The maximum absolute atomic E-state index is 12.2. The molecule has 2 saturated heterocycles. The molecule has 3 heterocycles. The normalized spacial score (nSPS) is 27.9. The SMILES string of the molecule is NC(=O)c1ncn([C@H]2CC[C@@H](COP(=O)(O)N3CCOCC3)O2)n1. The maximum Gasteiger partial charge on any atom is 0.405 e. The summed E-state index contributed by atoms with van der Waals surface area (Å²) < 4.78 is 31.1. The van der Waals surface area contributed by atoms with E-state index in [1.807, 2.05) is 0 Å². The van der Waals surface area contributed by atoms with Gasteiger partial charge in [0.2, 0.25) is 5.82 Å². The summed E-state index contributed by atoms with van der Waals surface area (Å²) in [5.41, 5.74) is 5.11. The van der Waals surface area contributed by atoms with Gasteiger partial charge in [0.25, 0.3) is 5.91 Å². The molecule has 3 rings (SSSR count). The maximum atomic E-state index is 12.2. The number of aromatic nitrogens is 3.